The van der Waals surface area contributed by atoms with E-state index < -0.39 is 47.7 Å². The van der Waals surface area contributed by atoms with Crippen LogP contribution < -0.4 is 25.4 Å². The molecule has 2 aromatic carbocycles. The van der Waals surface area contributed by atoms with Gasteiger partial charge in [-0.05, 0) is 95.8 Å². The minimum absolute atomic E-state index is 0.00715. The van der Waals surface area contributed by atoms with E-state index in [-0.39, 0.29) is 24.3 Å². The predicted octanol–water partition coefficient (Wildman–Crippen LogP) is 5.50. The van der Waals surface area contributed by atoms with E-state index in [1.807, 2.05) is 61.0 Å². The number of quaternary nitrogens is 1. The summed E-state index contributed by atoms with van der Waals surface area (Å²) in [6.45, 7) is 4.79. The highest BCUT2D eigenvalue weighted by Gasteiger charge is 2.51. The first-order valence-electron chi connectivity index (χ1n) is 22.5. The number of hydrogen-bond donors (Lipinski definition) is 6. The van der Waals surface area contributed by atoms with E-state index >= 15 is 0 Å². The highest BCUT2D eigenvalue weighted by Crippen LogP contribution is 2.47. The van der Waals surface area contributed by atoms with Crippen molar-refractivity contribution in [2.24, 2.45) is 39.8 Å². The van der Waals surface area contributed by atoms with Crippen molar-refractivity contribution in [1.29, 1.82) is 0 Å². The molecule has 7 N–H and O–H groups in total. The Morgan fingerprint density at radius 3 is 2.75 bits per heavy atom. The number of aliphatic hydroxyl groups is 3. The molecule has 2 aliphatic carbocycles. The molecule has 0 amide bonds. The lowest BCUT2D eigenvalue weighted by Crippen LogP contribution is -3.13. The zero-order chi connectivity index (χ0) is 42.3. The molecular weight excluding hydrogens is 765 g/mol. The molecule has 0 saturated heterocycles. The number of carbonyl (C=O) groups excluding carboxylic acids is 1. The van der Waals surface area contributed by atoms with E-state index in [1.54, 1.807) is 0 Å². The van der Waals surface area contributed by atoms with Crippen LogP contribution in [0.3, 0.4) is 0 Å². The number of aliphatic hydroxyl groups excluding tert-OH is 3. The SMILES string of the molecule is CCCCCC(C(=O)CCc1ccc2c(c1)OC1C(C#CC(O)c3ccc4c(c3CC3=CN=C5C[NH+]1C=C35)C=CNC4N)C1(C#CO2)CCCC1)C(O)C1C=CC(C)CC1O. The molecule has 10 atom stereocenters. The normalized spacial score (nSPS) is 29.7. The first-order valence-corrected chi connectivity index (χ1v) is 22.5. The summed E-state index contributed by atoms with van der Waals surface area (Å²) in [5, 5.41) is 37.7. The van der Waals surface area contributed by atoms with Crippen LogP contribution in [0, 0.1) is 53.0 Å². The number of nitrogens with one attached hydrogen (secondary N) is 2. The van der Waals surface area contributed by atoms with E-state index in [2.05, 4.69) is 49.2 Å². The van der Waals surface area contributed by atoms with Crippen molar-refractivity contribution in [3.8, 4) is 35.4 Å². The minimum Gasteiger partial charge on any atom is -0.437 e. The molecule has 5 heterocycles. The van der Waals surface area contributed by atoms with Gasteiger partial charge in [-0.1, -0.05) is 94.1 Å². The average molecular weight is 824 g/mol. The molecule has 0 aromatic heterocycles. The Morgan fingerprint density at radius 1 is 1.10 bits per heavy atom. The maximum atomic E-state index is 14.0. The second-order valence-corrected chi connectivity index (χ2v) is 18.3. The largest absolute Gasteiger partial charge is 0.437 e. The van der Waals surface area contributed by atoms with Crippen molar-refractivity contribution in [2.75, 3.05) is 6.54 Å². The molecule has 318 valence electrons. The summed E-state index contributed by atoms with van der Waals surface area (Å²) < 4.78 is 13.4. The highest BCUT2D eigenvalue weighted by atomic mass is 16.5. The summed E-state index contributed by atoms with van der Waals surface area (Å²) in [6.07, 6.45) is 20.5. The smallest absolute Gasteiger partial charge is 0.252 e. The molecule has 10 unspecified atom stereocenters. The summed E-state index contributed by atoms with van der Waals surface area (Å²) in [5.74, 6) is 10.3. The van der Waals surface area contributed by atoms with Crippen LogP contribution >= 0.6 is 0 Å². The lowest BCUT2D eigenvalue weighted by atomic mass is 9.73. The number of aliphatic imine (C=N–C) groups is 1. The number of nitrogens with two attached hydrogens (primary N) is 1. The highest BCUT2D eigenvalue weighted by molar-refractivity contribution is 6.08. The predicted molar refractivity (Wildman–Crippen MR) is 234 cm³/mol. The topological polar surface area (TPSA) is 151 Å². The molecule has 2 bridgehead atoms. The fraction of sp³-hybridized carbons (Fsp3) is 0.490. The van der Waals surface area contributed by atoms with Crippen molar-refractivity contribution in [2.45, 2.75) is 122 Å². The van der Waals surface area contributed by atoms with Crippen molar-refractivity contribution < 1.29 is 34.5 Å². The molecule has 1 spiro atoms. The van der Waals surface area contributed by atoms with Crippen LogP contribution in [-0.2, 0) is 17.6 Å². The van der Waals surface area contributed by atoms with Gasteiger partial charge in [0.2, 0.25) is 0 Å². The number of fused-ring (bicyclic) bond motifs is 8. The number of unbranched alkanes of at least 4 members (excludes halogenated alkanes) is 2. The fourth-order valence-corrected chi connectivity index (χ4v) is 10.8. The van der Waals surface area contributed by atoms with Gasteiger partial charge in [0.05, 0.1) is 23.2 Å². The standard InChI is InChI=1S/C51H58N4O6/c1-3-4-5-8-37(48(59)38-12-9-31(2)25-45(38)58)44(57)16-10-32-11-18-46-47(26-32)61-50-41(51(22-24-60-46)20-6-7-21-51)15-17-43(56)35-13-14-36-34(19-23-53-49(36)52)39(35)27-33-28-54-42-30-55(50)29-40(33)42/h9,11-14,18-19,23,26,28-29,31,37-38,41,43,45,48-50,53,56,58-59H,3-8,10,16,20-21,25,27,30,52H2,1-2H3/p+1. The number of hydrogen-bond acceptors (Lipinski definition) is 9. The van der Waals surface area contributed by atoms with Crippen LogP contribution in [0.1, 0.15) is 118 Å². The van der Waals surface area contributed by atoms with Crippen LogP contribution in [0.5, 0.6) is 11.5 Å². The third-order valence-electron chi connectivity index (χ3n) is 14.3. The Kier molecular flexibility index (Phi) is 11.8. The van der Waals surface area contributed by atoms with Gasteiger partial charge in [-0.25, -0.2) is 0 Å². The average Bonchev–Trinajstić information content (AvgIpc) is 4.00. The second-order valence-electron chi connectivity index (χ2n) is 18.3. The number of allylic oxidation sites excluding steroid dienone is 2. The molecule has 10 nitrogen and oxygen atoms in total. The first-order chi connectivity index (χ1) is 29.6. The van der Waals surface area contributed by atoms with Gasteiger partial charge in [-0.15, -0.1) is 0 Å². The van der Waals surface area contributed by atoms with Crippen LogP contribution in [-0.4, -0.2) is 51.8 Å². The molecule has 2 aromatic rings. The number of nitrogens with zero attached hydrogens (tertiary/aromatic N) is 1. The van der Waals surface area contributed by atoms with Gasteiger partial charge in [0.25, 0.3) is 6.23 Å². The maximum Gasteiger partial charge on any atom is 0.252 e. The monoisotopic (exact) mass is 823 g/mol. The summed E-state index contributed by atoms with van der Waals surface area (Å²) in [4.78, 5) is 20.0. The summed E-state index contributed by atoms with van der Waals surface area (Å²) in [6, 6.07) is 9.74. The zero-order valence-corrected chi connectivity index (χ0v) is 35.3. The van der Waals surface area contributed by atoms with Crippen LogP contribution in [0.4, 0.5) is 0 Å². The Bertz CT molecular complexity index is 2330. The summed E-state index contributed by atoms with van der Waals surface area (Å²) in [5.41, 5.74) is 13.7. The maximum absolute atomic E-state index is 14.0. The lowest BCUT2D eigenvalue weighted by molar-refractivity contribution is -0.888. The van der Waals surface area contributed by atoms with E-state index in [1.165, 1.54) is 0 Å². The van der Waals surface area contributed by atoms with Crippen molar-refractivity contribution in [1.82, 2.24) is 5.32 Å². The third-order valence-corrected chi connectivity index (χ3v) is 14.3. The molecule has 1 saturated carbocycles. The molecule has 5 aliphatic heterocycles. The van der Waals surface area contributed by atoms with Gasteiger partial charge < -0.3 is 35.8 Å². The second kappa shape index (κ2) is 17.4. The van der Waals surface area contributed by atoms with Gasteiger partial charge >= 0.3 is 0 Å². The molecule has 61 heavy (non-hydrogen) atoms. The first kappa shape index (κ1) is 41.4. The van der Waals surface area contributed by atoms with Gasteiger partial charge in [0.15, 0.2) is 11.5 Å². The van der Waals surface area contributed by atoms with Gasteiger partial charge in [0, 0.05) is 30.9 Å². The Labute approximate surface area is 359 Å². The number of rotatable bonds is 10. The van der Waals surface area contributed by atoms with E-state index in [9.17, 15) is 20.1 Å². The zero-order valence-electron chi connectivity index (χ0n) is 35.3. The lowest BCUT2D eigenvalue weighted by Gasteiger charge is -2.36. The Balaban J connectivity index is 1.04. The Morgan fingerprint density at radius 2 is 1.93 bits per heavy atom. The van der Waals surface area contributed by atoms with Gasteiger partial charge in [0.1, 0.15) is 48.5 Å². The molecule has 9 rings (SSSR count). The van der Waals surface area contributed by atoms with Crippen LogP contribution in [0.2, 0.25) is 0 Å². The molecule has 0 radical (unpaired) electrons. The number of Topliss-reactive ketones (excluding diaryl/α,β-unsaturated/α-hetero) is 1. The number of ether oxygens (including phenoxy) is 2. The fourth-order valence-electron chi connectivity index (χ4n) is 10.8. The summed E-state index contributed by atoms with van der Waals surface area (Å²) >= 11 is 0. The van der Waals surface area contributed by atoms with Crippen LogP contribution in [0.15, 0.2) is 77.2 Å². The molecular formula is C51H59N4O6+. The molecule has 7 aliphatic rings. The number of ketones is 1. The minimum atomic E-state index is -1.06. The number of aryl methyl sites for hydroxylation is 1. The van der Waals surface area contributed by atoms with Gasteiger partial charge in [-0.3, -0.25) is 14.7 Å². The number of carbonyl (C=O) groups is 1. The quantitative estimate of drug-likeness (QED) is 0.105. The van der Waals surface area contributed by atoms with Crippen molar-refractivity contribution in [3.05, 3.63) is 100 Å². The van der Waals surface area contributed by atoms with E-state index in [4.69, 9.17) is 20.2 Å². The third kappa shape index (κ3) is 8.13. The Hall–Kier alpha value is -4.94. The van der Waals surface area contributed by atoms with Crippen molar-refractivity contribution in [3.63, 3.8) is 0 Å². The molecule has 10 heteroatoms. The van der Waals surface area contributed by atoms with Gasteiger partial charge in [-0.2, -0.15) is 0 Å². The number of benzene rings is 2. The molecule has 1 fully saturated rings. The van der Waals surface area contributed by atoms with Crippen LogP contribution in [0.25, 0.3) is 6.08 Å². The van der Waals surface area contributed by atoms with E-state index in [0.717, 1.165) is 94.5 Å². The van der Waals surface area contributed by atoms with E-state index in [0.29, 0.717) is 43.7 Å². The van der Waals surface area contributed by atoms with Crippen molar-refractivity contribution >= 4 is 17.6 Å². The summed E-state index contributed by atoms with van der Waals surface area (Å²) in [7, 11) is 0.